The van der Waals surface area contributed by atoms with E-state index in [4.69, 9.17) is 22.1 Å². The largest absolute Gasteiger partial charge is 0.491 e. The number of amides is 3. The molecule has 0 aliphatic carbocycles. The van der Waals surface area contributed by atoms with Crippen LogP contribution in [0, 0.1) is 5.41 Å². The van der Waals surface area contributed by atoms with Crippen molar-refractivity contribution in [2.45, 2.75) is 57.5 Å². The molecule has 4 N–H and O–H groups in total. The molecule has 3 amide bonds. The zero-order chi connectivity index (χ0) is 27.1. The van der Waals surface area contributed by atoms with Crippen molar-refractivity contribution in [2.75, 3.05) is 26.2 Å². The summed E-state index contributed by atoms with van der Waals surface area (Å²) in [6, 6.07) is 13.6. The number of halogens is 1. The Morgan fingerprint density at radius 1 is 1.13 bits per heavy atom. The maximum absolute atomic E-state index is 13.6. The summed E-state index contributed by atoms with van der Waals surface area (Å²) in [5.74, 6) is 0.228. The number of hydrogen-bond donors (Lipinski definition) is 3. The monoisotopic (exact) mass is 540 g/mol. The minimum absolute atomic E-state index is 0.00157. The topological polar surface area (TPSA) is 114 Å². The molecule has 0 aromatic heterocycles. The Labute approximate surface area is 229 Å². The quantitative estimate of drug-likeness (QED) is 0.552. The Kier molecular flexibility index (Phi) is 9.28. The van der Waals surface area contributed by atoms with Crippen LogP contribution in [-0.2, 0) is 16.0 Å². The van der Waals surface area contributed by atoms with Crippen LogP contribution >= 0.6 is 11.6 Å². The highest BCUT2D eigenvalue weighted by molar-refractivity contribution is 6.30. The van der Waals surface area contributed by atoms with Crippen molar-refractivity contribution in [3.8, 4) is 5.75 Å². The van der Waals surface area contributed by atoms with Gasteiger partial charge in [-0.1, -0.05) is 42.3 Å². The molecule has 2 aliphatic heterocycles. The van der Waals surface area contributed by atoms with E-state index in [0.29, 0.717) is 61.7 Å². The predicted octanol–water partition coefficient (Wildman–Crippen LogP) is 3.32. The van der Waals surface area contributed by atoms with E-state index >= 15 is 0 Å². The summed E-state index contributed by atoms with van der Waals surface area (Å²) >= 11 is 6.07. The molecular weight excluding hydrogens is 504 g/mol. The molecule has 2 atom stereocenters. The van der Waals surface area contributed by atoms with Crippen LogP contribution in [0.4, 0.5) is 0 Å². The Bertz CT molecular complexity index is 1150. The molecule has 0 bridgehead atoms. The Morgan fingerprint density at radius 2 is 1.89 bits per heavy atom. The van der Waals surface area contributed by atoms with Gasteiger partial charge in [-0.05, 0) is 68.9 Å². The normalized spacial score (nSPS) is 21.3. The van der Waals surface area contributed by atoms with E-state index in [1.165, 1.54) is 0 Å². The van der Waals surface area contributed by atoms with Crippen LogP contribution in [0.1, 0.15) is 54.9 Å². The molecule has 0 saturated carbocycles. The molecule has 2 aromatic carbocycles. The second kappa shape index (κ2) is 12.6. The van der Waals surface area contributed by atoms with Gasteiger partial charge < -0.3 is 26.0 Å². The summed E-state index contributed by atoms with van der Waals surface area (Å²) in [7, 11) is 0. The maximum atomic E-state index is 13.6. The van der Waals surface area contributed by atoms with Crippen molar-refractivity contribution in [2.24, 2.45) is 11.1 Å². The highest BCUT2D eigenvalue weighted by atomic mass is 35.5. The van der Waals surface area contributed by atoms with Crippen molar-refractivity contribution >= 4 is 29.3 Å². The zero-order valence-electron chi connectivity index (χ0n) is 21.9. The third-order valence-electron chi connectivity index (χ3n) is 7.54. The van der Waals surface area contributed by atoms with Gasteiger partial charge in [-0.3, -0.25) is 14.4 Å². The first kappa shape index (κ1) is 27.9. The fraction of sp³-hybridized carbons (Fsp3) is 0.483. The first-order valence-corrected chi connectivity index (χ1v) is 13.7. The van der Waals surface area contributed by atoms with Crippen LogP contribution in [0.5, 0.6) is 5.75 Å². The number of nitrogens with zero attached hydrogens (tertiary/aromatic N) is 1. The molecule has 38 heavy (non-hydrogen) atoms. The molecule has 2 heterocycles. The van der Waals surface area contributed by atoms with Crippen molar-refractivity contribution in [1.29, 1.82) is 0 Å². The van der Waals surface area contributed by atoms with Crippen LogP contribution in [0.2, 0.25) is 5.02 Å². The van der Waals surface area contributed by atoms with E-state index in [1.807, 2.05) is 31.2 Å². The number of benzene rings is 2. The summed E-state index contributed by atoms with van der Waals surface area (Å²) in [6.45, 7) is 3.61. The van der Waals surface area contributed by atoms with Crippen LogP contribution in [0.3, 0.4) is 0 Å². The summed E-state index contributed by atoms with van der Waals surface area (Å²) < 4.78 is 5.92. The van der Waals surface area contributed by atoms with E-state index in [-0.39, 0.29) is 30.4 Å². The Hall–Kier alpha value is -3.10. The number of para-hydroxylation sites is 1. The van der Waals surface area contributed by atoms with Gasteiger partial charge in [0.1, 0.15) is 12.4 Å². The summed E-state index contributed by atoms with van der Waals surface area (Å²) in [6.07, 6.45) is 3.78. The zero-order valence-corrected chi connectivity index (χ0v) is 22.6. The van der Waals surface area contributed by atoms with Crippen LogP contribution in [0.25, 0.3) is 0 Å². The van der Waals surface area contributed by atoms with Crippen molar-refractivity contribution in [3.63, 3.8) is 0 Å². The van der Waals surface area contributed by atoms with Crippen LogP contribution in [0.15, 0.2) is 48.5 Å². The summed E-state index contributed by atoms with van der Waals surface area (Å²) in [5.41, 5.74) is 7.11. The number of ether oxygens (including phenoxy) is 1. The molecule has 1 saturated heterocycles. The summed E-state index contributed by atoms with van der Waals surface area (Å²) in [4.78, 5) is 41.1. The number of hydrogen-bond acceptors (Lipinski definition) is 5. The second-order valence-corrected chi connectivity index (χ2v) is 10.9. The number of nitrogens with two attached hydrogens (primary N) is 1. The number of rotatable bonds is 3. The van der Waals surface area contributed by atoms with Crippen LogP contribution < -0.4 is 21.1 Å². The SMILES string of the molecule is C[C@@H]1COc2ccccc2C(=O)NCCCCC2(CCN(C(=O)[C@@H](N)Cc3cccc(Cl)c3)CC2)C(=O)N1. The minimum Gasteiger partial charge on any atom is -0.491 e. The summed E-state index contributed by atoms with van der Waals surface area (Å²) in [5, 5.41) is 6.72. The van der Waals surface area contributed by atoms with Gasteiger partial charge in [0.15, 0.2) is 0 Å². The molecule has 9 heteroatoms. The van der Waals surface area contributed by atoms with Gasteiger partial charge in [0.25, 0.3) is 5.91 Å². The van der Waals surface area contributed by atoms with E-state index in [2.05, 4.69) is 10.6 Å². The fourth-order valence-corrected chi connectivity index (χ4v) is 5.50. The highest BCUT2D eigenvalue weighted by Gasteiger charge is 2.42. The number of carbonyl (C=O) groups excluding carboxylic acids is 3. The minimum atomic E-state index is -0.663. The van der Waals surface area contributed by atoms with Crippen molar-refractivity contribution in [1.82, 2.24) is 15.5 Å². The Morgan fingerprint density at radius 3 is 2.66 bits per heavy atom. The molecule has 2 aliphatic rings. The molecule has 1 fully saturated rings. The van der Waals surface area contributed by atoms with Crippen molar-refractivity contribution < 1.29 is 19.1 Å². The lowest BCUT2D eigenvalue weighted by atomic mass is 9.73. The molecule has 0 unspecified atom stereocenters. The lowest BCUT2D eigenvalue weighted by molar-refractivity contribution is -0.142. The Balaban J connectivity index is 1.40. The molecular formula is C29H37ClN4O4. The average Bonchev–Trinajstić information content (AvgIpc) is 2.91. The van der Waals surface area contributed by atoms with Gasteiger partial charge in [0.2, 0.25) is 11.8 Å². The van der Waals surface area contributed by atoms with Crippen LogP contribution in [-0.4, -0.2) is 60.9 Å². The smallest absolute Gasteiger partial charge is 0.255 e. The number of likely N-dealkylation sites (tertiary alicyclic amines) is 1. The molecule has 4 rings (SSSR count). The molecule has 0 radical (unpaired) electrons. The van der Waals surface area contributed by atoms with E-state index in [1.54, 1.807) is 29.2 Å². The maximum Gasteiger partial charge on any atom is 0.255 e. The lowest BCUT2D eigenvalue weighted by Gasteiger charge is -2.42. The van der Waals surface area contributed by atoms with Gasteiger partial charge in [-0.15, -0.1) is 0 Å². The first-order valence-electron chi connectivity index (χ1n) is 13.4. The number of piperidine rings is 1. The molecule has 2 aromatic rings. The first-order chi connectivity index (χ1) is 18.3. The van der Waals surface area contributed by atoms with Gasteiger partial charge >= 0.3 is 0 Å². The van der Waals surface area contributed by atoms with E-state index in [0.717, 1.165) is 18.4 Å². The molecule has 204 valence electrons. The standard InChI is InChI=1S/C29H37ClN4O4/c1-20-19-38-25-10-3-2-9-23(25)26(35)32-14-5-4-11-29(28(37)33-20)12-15-34(16-13-29)27(36)24(31)18-21-7-6-8-22(30)17-21/h2-3,6-10,17,20,24H,4-5,11-16,18-19,31H2,1H3,(H,32,35)(H,33,37)/t20-,24+/m1/s1. The van der Waals surface area contributed by atoms with E-state index < -0.39 is 11.5 Å². The fourth-order valence-electron chi connectivity index (χ4n) is 5.28. The van der Waals surface area contributed by atoms with E-state index in [9.17, 15) is 14.4 Å². The van der Waals surface area contributed by atoms with Gasteiger partial charge in [-0.2, -0.15) is 0 Å². The third kappa shape index (κ3) is 6.85. The predicted molar refractivity (Wildman–Crippen MR) is 147 cm³/mol. The number of carbonyl (C=O) groups is 3. The van der Waals surface area contributed by atoms with Gasteiger partial charge in [0, 0.05) is 24.7 Å². The third-order valence-corrected chi connectivity index (χ3v) is 7.78. The van der Waals surface area contributed by atoms with Gasteiger partial charge in [0.05, 0.1) is 23.1 Å². The number of nitrogens with one attached hydrogen (secondary N) is 2. The van der Waals surface area contributed by atoms with Crippen molar-refractivity contribution in [3.05, 3.63) is 64.7 Å². The molecule has 8 nitrogen and oxygen atoms in total. The van der Waals surface area contributed by atoms with Gasteiger partial charge in [-0.25, -0.2) is 0 Å². The number of fused-ring (bicyclic) bond motifs is 1. The lowest BCUT2D eigenvalue weighted by Crippen LogP contribution is -2.55. The molecule has 1 spiro atoms. The second-order valence-electron chi connectivity index (χ2n) is 10.4. The average molecular weight is 541 g/mol. The highest BCUT2D eigenvalue weighted by Crippen LogP contribution is 2.37.